The van der Waals surface area contributed by atoms with Gasteiger partial charge in [-0.15, -0.1) is 0 Å². The monoisotopic (exact) mass is 171 g/mol. The first-order valence-electron chi connectivity index (χ1n) is 3.87. The minimum Gasteiger partial charge on any atom is -0.385 e. The second-order valence-electron chi connectivity index (χ2n) is 2.40. The average Bonchev–Trinajstić information content (AvgIpc) is 2.53. The number of nitrogens with two attached hydrogens (primary N) is 1. The fourth-order valence-electron chi connectivity index (χ4n) is 0.842. The normalized spacial score (nSPS) is 10.5. The van der Waals surface area contributed by atoms with E-state index in [0.717, 1.165) is 12.8 Å². The highest BCUT2D eigenvalue weighted by Gasteiger charge is 2.03. The van der Waals surface area contributed by atoms with Crippen molar-refractivity contribution in [3.8, 4) is 0 Å². The van der Waals surface area contributed by atoms with Gasteiger partial charge in [0.2, 0.25) is 5.89 Å². The summed E-state index contributed by atoms with van der Waals surface area (Å²) in [7, 11) is 1.67. The van der Waals surface area contributed by atoms with E-state index in [-0.39, 0.29) is 0 Å². The molecular formula is C7H13N3O2. The van der Waals surface area contributed by atoms with Crippen molar-refractivity contribution in [2.75, 3.05) is 13.7 Å². The average molecular weight is 171 g/mol. The highest BCUT2D eigenvalue weighted by atomic mass is 16.5. The zero-order valence-electron chi connectivity index (χ0n) is 7.12. The van der Waals surface area contributed by atoms with E-state index in [1.165, 1.54) is 0 Å². The summed E-state index contributed by atoms with van der Waals surface area (Å²) >= 11 is 0. The molecule has 1 heterocycles. The first kappa shape index (κ1) is 9.15. The minimum atomic E-state index is 0.327. The first-order chi connectivity index (χ1) is 5.86. The van der Waals surface area contributed by atoms with Crippen molar-refractivity contribution < 1.29 is 9.26 Å². The Morgan fingerprint density at radius 2 is 2.42 bits per heavy atom. The molecule has 0 aliphatic heterocycles. The summed E-state index contributed by atoms with van der Waals surface area (Å²) < 4.78 is 9.79. The van der Waals surface area contributed by atoms with Crippen LogP contribution in [0.4, 0.5) is 0 Å². The number of ether oxygens (including phenoxy) is 1. The van der Waals surface area contributed by atoms with Gasteiger partial charge in [-0.05, 0) is 6.42 Å². The third-order valence-electron chi connectivity index (χ3n) is 1.43. The Balaban J connectivity index is 2.31. The Kier molecular flexibility index (Phi) is 3.69. The van der Waals surface area contributed by atoms with E-state index in [1.54, 1.807) is 7.11 Å². The number of hydrogen-bond acceptors (Lipinski definition) is 5. The molecule has 0 aliphatic rings. The van der Waals surface area contributed by atoms with Gasteiger partial charge in [0.15, 0.2) is 5.82 Å². The van der Waals surface area contributed by atoms with Crippen molar-refractivity contribution in [2.45, 2.75) is 19.4 Å². The van der Waals surface area contributed by atoms with Crippen molar-refractivity contribution in [1.29, 1.82) is 0 Å². The molecule has 1 rings (SSSR count). The molecule has 12 heavy (non-hydrogen) atoms. The standard InChI is InChI=1S/C7H13N3O2/c1-11-4-2-3-7-9-6(5-8)10-12-7/h2-5,8H2,1H3. The molecule has 0 aromatic carbocycles. The molecule has 0 fully saturated rings. The molecule has 2 N–H and O–H groups in total. The summed E-state index contributed by atoms with van der Waals surface area (Å²) in [5.74, 6) is 1.19. The number of nitrogens with zero attached hydrogens (tertiary/aromatic N) is 2. The van der Waals surface area contributed by atoms with Crippen LogP contribution in [-0.2, 0) is 17.7 Å². The Morgan fingerprint density at radius 1 is 1.58 bits per heavy atom. The smallest absolute Gasteiger partial charge is 0.226 e. The lowest BCUT2D eigenvalue weighted by atomic mass is 10.3. The molecule has 0 atom stereocenters. The Hall–Kier alpha value is -0.940. The number of rotatable bonds is 5. The molecular weight excluding hydrogens is 158 g/mol. The number of aromatic nitrogens is 2. The molecule has 0 unspecified atom stereocenters. The van der Waals surface area contributed by atoms with Crippen molar-refractivity contribution >= 4 is 0 Å². The van der Waals surface area contributed by atoms with Crippen LogP contribution in [0.5, 0.6) is 0 Å². The molecule has 1 aromatic rings. The van der Waals surface area contributed by atoms with Crippen LogP contribution < -0.4 is 5.73 Å². The Morgan fingerprint density at radius 3 is 3.00 bits per heavy atom. The van der Waals surface area contributed by atoms with E-state index >= 15 is 0 Å². The maximum absolute atomic E-state index is 5.31. The molecule has 0 amide bonds. The fraction of sp³-hybridized carbons (Fsp3) is 0.714. The highest BCUT2D eigenvalue weighted by Crippen LogP contribution is 1.99. The molecule has 0 saturated carbocycles. The van der Waals surface area contributed by atoms with Crippen LogP contribution >= 0.6 is 0 Å². The van der Waals surface area contributed by atoms with E-state index in [9.17, 15) is 0 Å². The van der Waals surface area contributed by atoms with Gasteiger partial charge < -0.3 is 15.0 Å². The lowest BCUT2D eigenvalue weighted by Gasteiger charge is -1.92. The van der Waals surface area contributed by atoms with Gasteiger partial charge in [0, 0.05) is 20.1 Å². The van der Waals surface area contributed by atoms with Gasteiger partial charge in [-0.25, -0.2) is 0 Å². The third kappa shape index (κ3) is 2.60. The summed E-state index contributed by atoms with van der Waals surface area (Å²) in [5.41, 5.74) is 5.31. The van der Waals surface area contributed by atoms with Gasteiger partial charge in [-0.1, -0.05) is 5.16 Å². The third-order valence-corrected chi connectivity index (χ3v) is 1.43. The SMILES string of the molecule is COCCCc1nc(CN)no1. The van der Waals surface area contributed by atoms with Crippen LogP contribution in [0, 0.1) is 0 Å². The number of aryl methyl sites for hydroxylation is 1. The number of hydrogen-bond donors (Lipinski definition) is 1. The summed E-state index contributed by atoms with van der Waals surface area (Å²) in [6.45, 7) is 1.04. The van der Waals surface area contributed by atoms with Gasteiger partial charge in [0.05, 0.1) is 6.54 Å². The molecule has 0 bridgehead atoms. The largest absolute Gasteiger partial charge is 0.385 e. The van der Waals surface area contributed by atoms with Crippen molar-refractivity contribution in [3.63, 3.8) is 0 Å². The van der Waals surface area contributed by atoms with Crippen molar-refractivity contribution in [1.82, 2.24) is 10.1 Å². The van der Waals surface area contributed by atoms with Crippen molar-refractivity contribution in [2.24, 2.45) is 5.73 Å². The van der Waals surface area contributed by atoms with Gasteiger partial charge in [0.25, 0.3) is 0 Å². The quantitative estimate of drug-likeness (QED) is 0.636. The van der Waals surface area contributed by atoms with Gasteiger partial charge in [0.1, 0.15) is 0 Å². The van der Waals surface area contributed by atoms with Gasteiger partial charge >= 0.3 is 0 Å². The molecule has 5 nitrogen and oxygen atoms in total. The molecule has 5 heteroatoms. The van der Waals surface area contributed by atoms with Gasteiger partial charge in [-0.3, -0.25) is 0 Å². The van der Waals surface area contributed by atoms with E-state index in [4.69, 9.17) is 15.0 Å². The van der Waals surface area contributed by atoms with E-state index in [1.807, 2.05) is 0 Å². The summed E-state index contributed by atoms with van der Waals surface area (Å²) in [6.07, 6.45) is 1.64. The second kappa shape index (κ2) is 4.84. The summed E-state index contributed by atoms with van der Waals surface area (Å²) in [4.78, 5) is 4.04. The topological polar surface area (TPSA) is 74.2 Å². The summed E-state index contributed by atoms with van der Waals surface area (Å²) in [5, 5.41) is 3.66. The van der Waals surface area contributed by atoms with Crippen LogP contribution in [-0.4, -0.2) is 23.9 Å². The van der Waals surface area contributed by atoms with Crippen LogP contribution in [0.1, 0.15) is 18.1 Å². The Labute approximate surface area is 70.9 Å². The zero-order chi connectivity index (χ0) is 8.81. The highest BCUT2D eigenvalue weighted by molar-refractivity contribution is 4.84. The number of methoxy groups -OCH3 is 1. The molecule has 0 spiro atoms. The van der Waals surface area contributed by atoms with Crippen LogP contribution in [0.25, 0.3) is 0 Å². The molecule has 68 valence electrons. The lowest BCUT2D eigenvalue weighted by Crippen LogP contribution is -1.98. The van der Waals surface area contributed by atoms with Crippen molar-refractivity contribution in [3.05, 3.63) is 11.7 Å². The van der Waals surface area contributed by atoms with Gasteiger partial charge in [-0.2, -0.15) is 4.98 Å². The van der Waals surface area contributed by atoms with E-state index < -0.39 is 0 Å². The summed E-state index contributed by atoms with van der Waals surface area (Å²) in [6, 6.07) is 0. The van der Waals surface area contributed by atoms with E-state index in [2.05, 4.69) is 10.1 Å². The Bertz CT molecular complexity index is 224. The maximum atomic E-state index is 5.31. The van der Waals surface area contributed by atoms with Crippen LogP contribution in [0.15, 0.2) is 4.52 Å². The second-order valence-corrected chi connectivity index (χ2v) is 2.40. The molecule has 0 aliphatic carbocycles. The molecule has 1 aromatic heterocycles. The van der Waals surface area contributed by atoms with Crippen LogP contribution in [0.2, 0.25) is 0 Å². The lowest BCUT2D eigenvalue weighted by molar-refractivity contribution is 0.192. The first-order valence-corrected chi connectivity index (χ1v) is 3.87. The maximum Gasteiger partial charge on any atom is 0.226 e. The predicted molar refractivity (Wildman–Crippen MR) is 42.4 cm³/mol. The predicted octanol–water partition coefficient (Wildman–Crippen LogP) is 0.107. The fourth-order valence-corrected chi connectivity index (χ4v) is 0.842. The van der Waals surface area contributed by atoms with Crippen LogP contribution in [0.3, 0.4) is 0 Å². The van der Waals surface area contributed by atoms with E-state index in [0.29, 0.717) is 24.9 Å². The molecule has 0 saturated heterocycles. The molecule has 0 radical (unpaired) electrons. The minimum absolute atomic E-state index is 0.327. The zero-order valence-corrected chi connectivity index (χ0v) is 7.12.